The molecule has 0 aromatic heterocycles. The lowest BCUT2D eigenvalue weighted by Gasteiger charge is -2.38. The number of carboxylic acid groups (broad SMARTS) is 1. The number of sulfonamides is 1. The van der Waals surface area contributed by atoms with Crippen molar-refractivity contribution in [1.82, 2.24) is 19.8 Å². The highest BCUT2D eigenvalue weighted by Crippen LogP contribution is 2.20. The van der Waals surface area contributed by atoms with E-state index < -0.39 is 34.5 Å². The lowest BCUT2D eigenvalue weighted by Crippen LogP contribution is -2.53. The zero-order valence-electron chi connectivity index (χ0n) is 22.1. The van der Waals surface area contributed by atoms with Gasteiger partial charge in [0.15, 0.2) is 5.96 Å². The number of amides is 1. The molecule has 1 unspecified atom stereocenters. The van der Waals surface area contributed by atoms with E-state index in [0.717, 1.165) is 57.3 Å². The average Bonchev–Trinajstić information content (AvgIpc) is 2.96. The topological polar surface area (TPSA) is 135 Å². The predicted molar refractivity (Wildman–Crippen MR) is 149 cm³/mol. The Labute approximate surface area is 229 Å². The molecule has 2 heterocycles. The molecule has 39 heavy (non-hydrogen) atoms. The van der Waals surface area contributed by atoms with Crippen LogP contribution < -0.4 is 14.9 Å². The minimum absolute atomic E-state index is 0.0000705. The van der Waals surface area contributed by atoms with E-state index in [9.17, 15) is 23.1 Å². The molecule has 0 spiro atoms. The van der Waals surface area contributed by atoms with Gasteiger partial charge < -0.3 is 25.1 Å². The van der Waals surface area contributed by atoms with Crippen molar-refractivity contribution < 1.29 is 23.1 Å². The number of rotatable bonds is 10. The molecule has 1 saturated heterocycles. The third-order valence-electron chi connectivity index (χ3n) is 6.75. The number of guanidine groups is 1. The maximum Gasteiger partial charge on any atom is 0.306 e. The van der Waals surface area contributed by atoms with Gasteiger partial charge in [0, 0.05) is 57.1 Å². The van der Waals surface area contributed by atoms with Crippen LogP contribution in [0.15, 0.2) is 64.5 Å². The summed E-state index contributed by atoms with van der Waals surface area (Å²) in [5, 5.41) is 12.9. The Bertz CT molecular complexity index is 1260. The van der Waals surface area contributed by atoms with Crippen LogP contribution in [0.5, 0.6) is 0 Å². The molecule has 1 fully saturated rings. The van der Waals surface area contributed by atoms with Gasteiger partial charge >= 0.3 is 5.97 Å². The Morgan fingerprint density at radius 1 is 1.05 bits per heavy atom. The first-order valence-corrected chi connectivity index (χ1v) is 14.7. The minimum Gasteiger partial charge on any atom is -0.481 e. The number of carbonyl (C=O) groups is 2. The Hall–Kier alpha value is -3.64. The number of carboxylic acids is 1. The van der Waals surface area contributed by atoms with Gasteiger partial charge in [-0.15, -0.1) is 0 Å². The highest BCUT2D eigenvalue weighted by Gasteiger charge is 2.31. The number of anilines is 1. The maximum absolute atomic E-state index is 13.5. The van der Waals surface area contributed by atoms with Gasteiger partial charge in [-0.25, -0.2) is 8.42 Å². The Morgan fingerprint density at radius 2 is 1.72 bits per heavy atom. The van der Waals surface area contributed by atoms with E-state index >= 15 is 0 Å². The number of nitrogens with one attached hydrogen (secondary N) is 2. The van der Waals surface area contributed by atoms with Crippen LogP contribution in [-0.2, 0) is 14.8 Å². The number of carbonyl (C=O) groups excluding carboxylic acids is 1. The zero-order valence-corrected chi connectivity index (χ0v) is 22.9. The summed E-state index contributed by atoms with van der Waals surface area (Å²) in [6.45, 7) is 7.16. The number of hydrogen-bond acceptors (Lipinski definition) is 8. The van der Waals surface area contributed by atoms with Crippen LogP contribution in [0.4, 0.5) is 5.69 Å². The first-order valence-electron chi connectivity index (χ1n) is 13.3. The molecular weight excluding hydrogens is 520 g/mol. The van der Waals surface area contributed by atoms with Gasteiger partial charge in [-0.3, -0.25) is 14.6 Å². The second kappa shape index (κ2) is 12.9. The molecular formula is C27H36N6O5S. The molecule has 11 nitrogen and oxygen atoms in total. The molecule has 4 rings (SSSR count). The molecule has 0 saturated carbocycles. The van der Waals surface area contributed by atoms with Crippen molar-refractivity contribution in [1.29, 1.82) is 0 Å². The second-order valence-electron chi connectivity index (χ2n) is 9.55. The van der Waals surface area contributed by atoms with E-state index in [1.807, 2.05) is 19.1 Å². The van der Waals surface area contributed by atoms with Crippen molar-refractivity contribution in [2.24, 2.45) is 4.99 Å². The summed E-state index contributed by atoms with van der Waals surface area (Å²) >= 11 is 0. The fourth-order valence-electron chi connectivity index (χ4n) is 4.76. The van der Waals surface area contributed by atoms with Crippen molar-refractivity contribution >= 4 is 33.5 Å². The Balaban J connectivity index is 1.47. The van der Waals surface area contributed by atoms with Gasteiger partial charge in [0.1, 0.15) is 6.17 Å². The zero-order chi connectivity index (χ0) is 27.8. The van der Waals surface area contributed by atoms with Gasteiger partial charge in [-0.1, -0.05) is 25.1 Å². The van der Waals surface area contributed by atoms with Crippen LogP contribution in [0.2, 0.25) is 0 Å². The molecule has 2 aromatic rings. The lowest BCUT2D eigenvalue weighted by atomic mass is 10.1. The predicted octanol–water partition coefficient (Wildman–Crippen LogP) is 1.79. The summed E-state index contributed by atoms with van der Waals surface area (Å²) < 4.78 is 28.4. The van der Waals surface area contributed by atoms with Crippen molar-refractivity contribution in [2.45, 2.75) is 37.2 Å². The quantitative estimate of drug-likeness (QED) is 0.377. The van der Waals surface area contributed by atoms with Gasteiger partial charge in [0.05, 0.1) is 11.3 Å². The van der Waals surface area contributed by atoms with E-state index in [0.29, 0.717) is 12.0 Å². The molecule has 2 aliphatic rings. The summed E-state index contributed by atoms with van der Waals surface area (Å²) in [7, 11) is -4.05. The standard InChI is InChI=1S/C27H36N6O5S/c1-2-15-33(24(20-25(34)35)30-39(37,38)23-7-4-3-5-8-23)26(36)21-9-11-22(12-10-21)31-16-18-32(19-17-31)27-28-13-6-14-29-27/h3-5,7-12,24,30H,2,6,13-20H2,1H3,(H,28,29)(H,34,35). The molecule has 0 bridgehead atoms. The van der Waals surface area contributed by atoms with Crippen molar-refractivity contribution in [3.63, 3.8) is 0 Å². The van der Waals surface area contributed by atoms with E-state index in [-0.39, 0.29) is 11.4 Å². The first kappa shape index (κ1) is 28.4. The third-order valence-corrected chi connectivity index (χ3v) is 8.23. The van der Waals surface area contributed by atoms with E-state index in [2.05, 4.69) is 24.8 Å². The smallest absolute Gasteiger partial charge is 0.306 e. The Morgan fingerprint density at radius 3 is 2.31 bits per heavy atom. The molecule has 1 amide bonds. The SMILES string of the molecule is CCCN(C(=O)c1ccc(N2CCN(C3=NCCCN3)CC2)cc1)C(CC(=O)O)NS(=O)(=O)c1ccccc1. The highest BCUT2D eigenvalue weighted by atomic mass is 32.2. The summed E-state index contributed by atoms with van der Waals surface area (Å²) in [4.78, 5) is 35.6. The monoisotopic (exact) mass is 556 g/mol. The van der Waals surface area contributed by atoms with Crippen LogP contribution in [0.1, 0.15) is 36.5 Å². The number of benzene rings is 2. The minimum atomic E-state index is -4.05. The van der Waals surface area contributed by atoms with Crippen molar-refractivity contribution in [3.8, 4) is 0 Å². The van der Waals surface area contributed by atoms with E-state index in [4.69, 9.17) is 0 Å². The molecule has 12 heteroatoms. The van der Waals surface area contributed by atoms with Gasteiger partial charge in [-0.2, -0.15) is 4.72 Å². The number of aliphatic imine (C=N–C) groups is 1. The van der Waals surface area contributed by atoms with E-state index in [1.165, 1.54) is 17.0 Å². The normalized spacial score (nSPS) is 16.7. The summed E-state index contributed by atoms with van der Waals surface area (Å²) in [6, 6.07) is 14.9. The van der Waals surface area contributed by atoms with Crippen LogP contribution in [0.3, 0.4) is 0 Å². The third kappa shape index (κ3) is 7.27. The number of aliphatic carboxylic acids is 1. The summed E-state index contributed by atoms with van der Waals surface area (Å²) in [5.41, 5.74) is 1.35. The van der Waals surface area contributed by atoms with Crippen molar-refractivity contribution in [2.75, 3.05) is 50.7 Å². The molecule has 1 atom stereocenters. The molecule has 0 aliphatic carbocycles. The van der Waals surface area contributed by atoms with Gasteiger partial charge in [-0.05, 0) is 49.2 Å². The van der Waals surface area contributed by atoms with Crippen LogP contribution in [0, 0.1) is 0 Å². The molecule has 3 N–H and O–H groups in total. The second-order valence-corrected chi connectivity index (χ2v) is 11.3. The molecule has 210 valence electrons. The highest BCUT2D eigenvalue weighted by molar-refractivity contribution is 7.89. The Kier molecular flexibility index (Phi) is 9.41. The van der Waals surface area contributed by atoms with Crippen molar-refractivity contribution in [3.05, 3.63) is 60.2 Å². The summed E-state index contributed by atoms with van der Waals surface area (Å²) in [5.74, 6) is -0.679. The molecule has 0 radical (unpaired) electrons. The molecule has 2 aromatic carbocycles. The lowest BCUT2D eigenvalue weighted by molar-refractivity contribution is -0.138. The number of hydrogen-bond donors (Lipinski definition) is 3. The number of nitrogens with zero attached hydrogens (tertiary/aromatic N) is 4. The fraction of sp³-hybridized carbons (Fsp3) is 0.444. The maximum atomic E-state index is 13.5. The van der Waals surface area contributed by atoms with Gasteiger partial charge in [0.25, 0.3) is 5.91 Å². The van der Waals surface area contributed by atoms with Crippen LogP contribution in [-0.4, -0.2) is 93.1 Å². The van der Waals surface area contributed by atoms with Gasteiger partial charge in [0.2, 0.25) is 10.0 Å². The van der Waals surface area contributed by atoms with Crippen LogP contribution in [0.25, 0.3) is 0 Å². The van der Waals surface area contributed by atoms with Crippen LogP contribution >= 0.6 is 0 Å². The average molecular weight is 557 g/mol. The number of piperazine rings is 1. The first-order chi connectivity index (χ1) is 18.8. The fourth-order valence-corrected chi connectivity index (χ4v) is 5.98. The van der Waals surface area contributed by atoms with E-state index in [1.54, 1.807) is 30.3 Å². The summed E-state index contributed by atoms with van der Waals surface area (Å²) in [6.07, 6.45) is -0.234. The largest absolute Gasteiger partial charge is 0.481 e. The molecule has 2 aliphatic heterocycles.